The summed E-state index contributed by atoms with van der Waals surface area (Å²) in [7, 11) is 0. The minimum atomic E-state index is -0.219. The third kappa shape index (κ3) is 2.30. The van der Waals surface area contributed by atoms with Crippen molar-refractivity contribution in [2.75, 3.05) is 6.54 Å². The molecular formula is C11H12N2O2S. The van der Waals surface area contributed by atoms with Crippen molar-refractivity contribution in [2.24, 2.45) is 0 Å². The topological polar surface area (TPSA) is 58.2 Å². The van der Waals surface area contributed by atoms with Crippen LogP contribution in [0.15, 0.2) is 29.3 Å². The molecule has 1 aliphatic rings. The lowest BCUT2D eigenvalue weighted by Crippen LogP contribution is -2.49. The standard InChI is InChI=1S/C11H12N2O2S/c1-7-6-12-8(11(15)13-7)5-9(14)10-3-2-4-16-10/h2-5,7,12H,6H2,1H3,(H,13,15)/b8-5+. The molecule has 0 aliphatic carbocycles. The molecule has 2 rings (SSSR count). The van der Waals surface area contributed by atoms with Gasteiger partial charge in [-0.2, -0.15) is 0 Å². The number of hydrogen-bond acceptors (Lipinski definition) is 4. The lowest BCUT2D eigenvalue weighted by atomic mass is 10.2. The summed E-state index contributed by atoms with van der Waals surface area (Å²) >= 11 is 1.37. The zero-order chi connectivity index (χ0) is 11.5. The van der Waals surface area contributed by atoms with Crippen molar-refractivity contribution in [3.63, 3.8) is 0 Å². The molecule has 0 bridgehead atoms. The third-order valence-corrected chi connectivity index (χ3v) is 3.14. The van der Waals surface area contributed by atoms with Crippen LogP contribution in [0.2, 0.25) is 0 Å². The highest BCUT2D eigenvalue weighted by atomic mass is 32.1. The van der Waals surface area contributed by atoms with Gasteiger partial charge in [-0.3, -0.25) is 9.59 Å². The van der Waals surface area contributed by atoms with E-state index in [-0.39, 0.29) is 17.7 Å². The lowest BCUT2D eigenvalue weighted by Gasteiger charge is -2.23. The first-order chi connectivity index (χ1) is 7.66. The maximum absolute atomic E-state index is 11.7. The van der Waals surface area contributed by atoms with Gasteiger partial charge in [-0.1, -0.05) is 6.07 Å². The molecular weight excluding hydrogens is 224 g/mol. The van der Waals surface area contributed by atoms with E-state index >= 15 is 0 Å². The Morgan fingerprint density at radius 2 is 2.44 bits per heavy atom. The van der Waals surface area contributed by atoms with Crippen LogP contribution in [-0.2, 0) is 4.79 Å². The first-order valence-electron chi connectivity index (χ1n) is 5.01. The van der Waals surface area contributed by atoms with Crippen LogP contribution >= 0.6 is 11.3 Å². The van der Waals surface area contributed by atoms with Crippen LogP contribution in [0, 0.1) is 0 Å². The quantitative estimate of drug-likeness (QED) is 0.593. The van der Waals surface area contributed by atoms with Crippen LogP contribution in [0.25, 0.3) is 0 Å². The highest BCUT2D eigenvalue weighted by Crippen LogP contribution is 2.11. The summed E-state index contributed by atoms with van der Waals surface area (Å²) in [6, 6.07) is 3.65. The van der Waals surface area contributed by atoms with Gasteiger partial charge in [0, 0.05) is 18.7 Å². The molecule has 1 fully saturated rings. The summed E-state index contributed by atoms with van der Waals surface area (Å²) in [5.74, 6) is -0.356. The van der Waals surface area contributed by atoms with Gasteiger partial charge in [0.2, 0.25) is 0 Å². The molecule has 2 heterocycles. The molecule has 1 aliphatic heterocycles. The van der Waals surface area contributed by atoms with Gasteiger partial charge in [0.1, 0.15) is 5.70 Å². The highest BCUT2D eigenvalue weighted by molar-refractivity contribution is 7.12. The summed E-state index contributed by atoms with van der Waals surface area (Å²) in [5, 5.41) is 7.54. The summed E-state index contributed by atoms with van der Waals surface area (Å²) in [6.45, 7) is 2.55. The molecule has 1 aromatic heterocycles. The Hall–Kier alpha value is -1.62. The van der Waals surface area contributed by atoms with Crippen molar-refractivity contribution in [3.8, 4) is 0 Å². The van der Waals surface area contributed by atoms with Gasteiger partial charge in [0.15, 0.2) is 5.78 Å². The SMILES string of the molecule is CC1CN/C(=C/C(=O)c2cccs2)C(=O)N1. The number of carbonyl (C=O) groups is 2. The van der Waals surface area contributed by atoms with Crippen LogP contribution < -0.4 is 10.6 Å². The molecule has 1 amide bonds. The molecule has 4 nitrogen and oxygen atoms in total. The number of carbonyl (C=O) groups excluding carboxylic acids is 2. The number of ketones is 1. The first kappa shape index (κ1) is 10.9. The lowest BCUT2D eigenvalue weighted by molar-refractivity contribution is -0.119. The van der Waals surface area contributed by atoms with Crippen molar-refractivity contribution < 1.29 is 9.59 Å². The van der Waals surface area contributed by atoms with Crippen molar-refractivity contribution in [1.29, 1.82) is 0 Å². The van der Waals surface area contributed by atoms with Crippen LogP contribution in [-0.4, -0.2) is 24.3 Å². The molecule has 0 aromatic carbocycles. The van der Waals surface area contributed by atoms with Gasteiger partial charge in [-0.25, -0.2) is 0 Å². The molecule has 0 saturated carbocycles. The Balaban J connectivity index is 2.13. The molecule has 1 aromatic rings. The first-order valence-corrected chi connectivity index (χ1v) is 5.89. The van der Waals surface area contributed by atoms with Gasteiger partial charge in [0.05, 0.1) is 4.88 Å². The summed E-state index contributed by atoms with van der Waals surface area (Å²) in [4.78, 5) is 23.9. The number of hydrogen-bond donors (Lipinski definition) is 2. The summed E-state index contributed by atoms with van der Waals surface area (Å²) in [5.41, 5.74) is 0.344. The van der Waals surface area contributed by atoms with Crippen LogP contribution in [0.3, 0.4) is 0 Å². The largest absolute Gasteiger partial charge is 0.378 e. The fourth-order valence-electron chi connectivity index (χ4n) is 1.43. The average Bonchev–Trinajstić information content (AvgIpc) is 2.75. The second-order valence-corrected chi connectivity index (χ2v) is 4.60. The molecule has 0 radical (unpaired) electrons. The molecule has 1 unspecified atom stereocenters. The normalized spacial score (nSPS) is 22.7. The molecule has 5 heteroatoms. The van der Waals surface area contributed by atoms with E-state index < -0.39 is 0 Å². The van der Waals surface area contributed by atoms with Crippen molar-refractivity contribution in [3.05, 3.63) is 34.2 Å². The monoisotopic (exact) mass is 236 g/mol. The predicted octanol–water partition coefficient (Wildman–Crippen LogP) is 0.923. The molecule has 2 N–H and O–H groups in total. The minimum Gasteiger partial charge on any atom is -0.378 e. The Kier molecular flexibility index (Phi) is 3.05. The van der Waals surface area contributed by atoms with Crippen LogP contribution in [0.1, 0.15) is 16.6 Å². The second kappa shape index (κ2) is 4.49. The van der Waals surface area contributed by atoms with Crippen LogP contribution in [0.4, 0.5) is 0 Å². The minimum absolute atomic E-state index is 0.0986. The van der Waals surface area contributed by atoms with Crippen molar-refractivity contribution >= 4 is 23.0 Å². The van der Waals surface area contributed by atoms with Gasteiger partial charge in [-0.05, 0) is 18.4 Å². The summed E-state index contributed by atoms with van der Waals surface area (Å²) in [6.07, 6.45) is 1.35. The molecule has 16 heavy (non-hydrogen) atoms. The second-order valence-electron chi connectivity index (χ2n) is 3.65. The number of allylic oxidation sites excluding steroid dienone is 1. The van der Waals surface area contributed by atoms with E-state index in [0.29, 0.717) is 17.1 Å². The fourth-order valence-corrected chi connectivity index (χ4v) is 2.07. The molecule has 1 saturated heterocycles. The zero-order valence-electron chi connectivity index (χ0n) is 8.82. The maximum Gasteiger partial charge on any atom is 0.267 e. The number of rotatable bonds is 2. The maximum atomic E-state index is 11.7. The molecule has 1 atom stereocenters. The van der Waals surface area contributed by atoms with E-state index in [9.17, 15) is 9.59 Å². The number of thiophene rings is 1. The Morgan fingerprint density at radius 1 is 1.62 bits per heavy atom. The van der Waals surface area contributed by atoms with E-state index in [4.69, 9.17) is 0 Å². The smallest absolute Gasteiger partial charge is 0.267 e. The number of amides is 1. The van der Waals surface area contributed by atoms with Crippen LogP contribution in [0.5, 0.6) is 0 Å². The Bertz CT molecular complexity index is 437. The van der Waals surface area contributed by atoms with E-state index in [1.54, 1.807) is 6.07 Å². The Morgan fingerprint density at radius 3 is 3.06 bits per heavy atom. The van der Waals surface area contributed by atoms with Gasteiger partial charge in [0.25, 0.3) is 5.91 Å². The van der Waals surface area contributed by atoms with E-state index in [1.807, 2.05) is 18.4 Å². The van der Waals surface area contributed by atoms with Gasteiger partial charge in [-0.15, -0.1) is 11.3 Å². The van der Waals surface area contributed by atoms with Gasteiger partial charge < -0.3 is 10.6 Å². The third-order valence-electron chi connectivity index (χ3n) is 2.26. The van der Waals surface area contributed by atoms with E-state index in [0.717, 1.165) is 0 Å². The number of piperazine rings is 1. The fraction of sp³-hybridized carbons (Fsp3) is 0.273. The summed E-state index contributed by atoms with van der Waals surface area (Å²) < 4.78 is 0. The predicted molar refractivity (Wildman–Crippen MR) is 62.3 cm³/mol. The highest BCUT2D eigenvalue weighted by Gasteiger charge is 2.19. The van der Waals surface area contributed by atoms with E-state index in [2.05, 4.69) is 10.6 Å². The van der Waals surface area contributed by atoms with Gasteiger partial charge >= 0.3 is 0 Å². The average molecular weight is 236 g/mol. The Labute approximate surface area is 97.4 Å². The molecule has 0 spiro atoms. The van der Waals surface area contributed by atoms with Crippen molar-refractivity contribution in [1.82, 2.24) is 10.6 Å². The van der Waals surface area contributed by atoms with Crippen molar-refractivity contribution in [2.45, 2.75) is 13.0 Å². The molecule has 84 valence electrons. The number of nitrogens with one attached hydrogen (secondary N) is 2. The zero-order valence-corrected chi connectivity index (χ0v) is 9.64. The van der Waals surface area contributed by atoms with E-state index in [1.165, 1.54) is 17.4 Å².